The molecule has 10 heteroatoms. The lowest BCUT2D eigenvalue weighted by atomic mass is 10.2. The number of amides is 1. The van der Waals surface area contributed by atoms with Crippen LogP contribution in [0.3, 0.4) is 0 Å². The molecule has 1 unspecified atom stereocenters. The molecule has 0 bridgehead atoms. The number of carbonyl (C=O) groups is 3. The number of nitrogens with zero attached hydrogens (tertiary/aromatic N) is 2. The van der Waals surface area contributed by atoms with E-state index in [0.717, 1.165) is 11.6 Å². The Morgan fingerprint density at radius 3 is 2.31 bits per heavy atom. The highest BCUT2D eigenvalue weighted by molar-refractivity contribution is 5.94. The summed E-state index contributed by atoms with van der Waals surface area (Å²) in [4.78, 5) is 36.3. The molecule has 0 saturated carbocycles. The van der Waals surface area contributed by atoms with Gasteiger partial charge in [-0.05, 0) is 33.3 Å². The summed E-state index contributed by atoms with van der Waals surface area (Å²) in [7, 11) is 0. The minimum atomic E-state index is -2.30. The van der Waals surface area contributed by atoms with Gasteiger partial charge in [-0.25, -0.2) is 14.3 Å². The number of aromatic nitrogens is 2. The third kappa shape index (κ3) is 6.54. The number of rotatable bonds is 5. The highest BCUT2D eigenvalue weighted by atomic mass is 16.8. The minimum absolute atomic E-state index is 0.0342. The van der Waals surface area contributed by atoms with Gasteiger partial charge in [0.15, 0.2) is 0 Å². The van der Waals surface area contributed by atoms with Gasteiger partial charge in [-0.3, -0.25) is 15.5 Å². The third-order valence-electron chi connectivity index (χ3n) is 2.77. The summed E-state index contributed by atoms with van der Waals surface area (Å²) in [5.41, 5.74) is -0.892. The highest BCUT2D eigenvalue weighted by Gasteiger charge is 2.45. The molecule has 10 nitrogen and oxygen atoms in total. The number of alkyl carbamates (subject to hydrolysis) is 1. The topological polar surface area (TPSA) is 133 Å². The van der Waals surface area contributed by atoms with Crippen molar-refractivity contribution in [1.82, 2.24) is 15.1 Å². The summed E-state index contributed by atoms with van der Waals surface area (Å²) in [6.07, 6.45) is 2.19. The Morgan fingerprint density at radius 2 is 1.81 bits per heavy atom. The molecule has 1 amide bonds. The molecule has 0 saturated heterocycles. The zero-order valence-corrected chi connectivity index (χ0v) is 15.5. The molecule has 1 aromatic heterocycles. The van der Waals surface area contributed by atoms with Crippen molar-refractivity contribution in [2.75, 3.05) is 0 Å². The number of ether oxygens (including phenoxy) is 3. The predicted molar refractivity (Wildman–Crippen MR) is 90.2 cm³/mol. The Morgan fingerprint density at radius 1 is 1.15 bits per heavy atom. The highest BCUT2D eigenvalue weighted by Crippen LogP contribution is 2.21. The monoisotopic (exact) mass is 368 g/mol. The summed E-state index contributed by atoms with van der Waals surface area (Å²) in [6, 6.07) is 1.55. The fraction of sp³-hybridized carbons (Fsp3) is 0.562. The van der Waals surface area contributed by atoms with Gasteiger partial charge in [0.05, 0.1) is 0 Å². The van der Waals surface area contributed by atoms with E-state index in [1.165, 1.54) is 12.4 Å². The summed E-state index contributed by atoms with van der Waals surface area (Å²) < 4.78 is 16.3. The van der Waals surface area contributed by atoms with Crippen molar-refractivity contribution in [2.24, 2.45) is 0 Å². The van der Waals surface area contributed by atoms with Gasteiger partial charge < -0.3 is 14.2 Å². The SMILES string of the molecule is CCCC(=O)OC(C)(OC(=O)NC(=N)n1cccn1)C(=O)OC(C)(C)C. The first-order chi connectivity index (χ1) is 12.0. The van der Waals surface area contributed by atoms with Gasteiger partial charge in [0.1, 0.15) is 5.60 Å². The smallest absolute Gasteiger partial charge is 0.417 e. The molecule has 0 radical (unpaired) electrons. The molecule has 0 fully saturated rings. The average molecular weight is 368 g/mol. The van der Waals surface area contributed by atoms with Crippen LogP contribution in [-0.2, 0) is 23.8 Å². The van der Waals surface area contributed by atoms with Gasteiger partial charge in [0.25, 0.3) is 0 Å². The van der Waals surface area contributed by atoms with Gasteiger partial charge in [-0.1, -0.05) is 6.92 Å². The van der Waals surface area contributed by atoms with E-state index in [9.17, 15) is 14.4 Å². The lowest BCUT2D eigenvalue weighted by Gasteiger charge is -2.30. The van der Waals surface area contributed by atoms with Crippen molar-refractivity contribution in [3.8, 4) is 0 Å². The maximum absolute atomic E-state index is 12.4. The van der Waals surface area contributed by atoms with Gasteiger partial charge >= 0.3 is 23.8 Å². The van der Waals surface area contributed by atoms with Crippen molar-refractivity contribution in [3.05, 3.63) is 18.5 Å². The zero-order chi connectivity index (χ0) is 20.0. The van der Waals surface area contributed by atoms with Crippen LogP contribution in [0.2, 0.25) is 0 Å². The van der Waals surface area contributed by atoms with Crippen molar-refractivity contribution < 1.29 is 28.6 Å². The lowest BCUT2D eigenvalue weighted by Crippen LogP contribution is -2.50. The molecule has 26 heavy (non-hydrogen) atoms. The fourth-order valence-corrected chi connectivity index (χ4v) is 1.70. The number of hydrogen-bond donors (Lipinski definition) is 2. The predicted octanol–water partition coefficient (Wildman–Crippen LogP) is 1.79. The van der Waals surface area contributed by atoms with Crippen LogP contribution in [0.5, 0.6) is 0 Å². The van der Waals surface area contributed by atoms with Crippen LogP contribution < -0.4 is 5.32 Å². The maximum Gasteiger partial charge on any atom is 0.417 e. The van der Waals surface area contributed by atoms with Crippen LogP contribution in [0.1, 0.15) is 47.5 Å². The van der Waals surface area contributed by atoms with Gasteiger partial charge in [-0.15, -0.1) is 0 Å². The van der Waals surface area contributed by atoms with Crippen LogP contribution in [0, 0.1) is 5.41 Å². The normalized spacial score (nSPS) is 13.3. The Balaban J connectivity index is 2.89. The van der Waals surface area contributed by atoms with E-state index < -0.39 is 35.4 Å². The number of carbonyl (C=O) groups excluding carboxylic acids is 3. The fourth-order valence-electron chi connectivity index (χ4n) is 1.70. The first-order valence-corrected chi connectivity index (χ1v) is 8.00. The molecular formula is C16H24N4O6. The quantitative estimate of drug-likeness (QED) is 0.350. The van der Waals surface area contributed by atoms with E-state index in [2.05, 4.69) is 10.4 Å². The second-order valence-corrected chi connectivity index (χ2v) is 6.49. The van der Waals surface area contributed by atoms with Crippen LogP contribution in [-0.4, -0.2) is 45.2 Å². The molecule has 0 aromatic carbocycles. The van der Waals surface area contributed by atoms with E-state index in [1.807, 2.05) is 0 Å². The van der Waals surface area contributed by atoms with Gasteiger partial charge in [0.2, 0.25) is 5.96 Å². The van der Waals surface area contributed by atoms with E-state index in [4.69, 9.17) is 19.6 Å². The lowest BCUT2D eigenvalue weighted by molar-refractivity contribution is -0.227. The molecule has 0 spiro atoms. The summed E-state index contributed by atoms with van der Waals surface area (Å²) in [5, 5.41) is 13.6. The molecule has 0 aliphatic heterocycles. The number of nitrogens with one attached hydrogen (secondary N) is 2. The molecule has 1 rings (SSSR count). The van der Waals surface area contributed by atoms with E-state index in [0.29, 0.717) is 6.42 Å². The van der Waals surface area contributed by atoms with Crippen molar-refractivity contribution in [2.45, 2.75) is 58.8 Å². The third-order valence-corrected chi connectivity index (χ3v) is 2.77. The number of esters is 2. The number of hydrogen-bond acceptors (Lipinski definition) is 8. The standard InChI is InChI=1S/C16H24N4O6/c1-6-8-11(21)24-16(5,12(22)25-15(2,3)4)26-14(23)19-13(17)20-10-7-9-18-20/h7,9-10H,6,8H2,1-5H3,(H2,17,19,23). The minimum Gasteiger partial charge on any atom is -0.454 e. The van der Waals surface area contributed by atoms with Gasteiger partial charge in [0, 0.05) is 25.7 Å². The second kappa shape index (κ2) is 8.45. The summed E-state index contributed by atoms with van der Waals surface area (Å²) >= 11 is 0. The first kappa shape index (κ1) is 21.1. The summed E-state index contributed by atoms with van der Waals surface area (Å²) in [5.74, 6) is -4.48. The molecule has 1 aromatic rings. The molecule has 144 valence electrons. The van der Waals surface area contributed by atoms with Crippen molar-refractivity contribution in [1.29, 1.82) is 5.41 Å². The van der Waals surface area contributed by atoms with E-state index >= 15 is 0 Å². The molecule has 2 N–H and O–H groups in total. The Bertz CT molecular complexity index is 665. The Hall–Kier alpha value is -2.91. The molecule has 0 aliphatic rings. The summed E-state index contributed by atoms with van der Waals surface area (Å²) in [6.45, 7) is 7.71. The largest absolute Gasteiger partial charge is 0.454 e. The van der Waals surface area contributed by atoms with Crippen molar-refractivity contribution >= 4 is 24.0 Å². The van der Waals surface area contributed by atoms with Crippen LogP contribution >= 0.6 is 0 Å². The first-order valence-electron chi connectivity index (χ1n) is 8.00. The maximum atomic E-state index is 12.4. The Labute approximate surface area is 151 Å². The second-order valence-electron chi connectivity index (χ2n) is 6.49. The molecule has 1 heterocycles. The van der Waals surface area contributed by atoms with Gasteiger partial charge in [-0.2, -0.15) is 5.10 Å². The van der Waals surface area contributed by atoms with Crippen LogP contribution in [0.15, 0.2) is 18.5 Å². The molecule has 0 aliphatic carbocycles. The van der Waals surface area contributed by atoms with Crippen LogP contribution in [0.25, 0.3) is 0 Å². The molecular weight excluding hydrogens is 344 g/mol. The van der Waals surface area contributed by atoms with E-state index in [1.54, 1.807) is 33.8 Å². The average Bonchev–Trinajstić information content (AvgIpc) is 2.99. The van der Waals surface area contributed by atoms with Crippen molar-refractivity contribution in [3.63, 3.8) is 0 Å². The molecule has 1 atom stereocenters. The Kier molecular flexibility index (Phi) is 6.87. The zero-order valence-electron chi connectivity index (χ0n) is 15.5. The van der Waals surface area contributed by atoms with E-state index in [-0.39, 0.29) is 6.42 Å². The van der Waals surface area contributed by atoms with Crippen LogP contribution in [0.4, 0.5) is 4.79 Å².